The lowest BCUT2D eigenvalue weighted by atomic mass is 9.96. The zero-order valence-corrected chi connectivity index (χ0v) is 13.2. The maximum atomic E-state index is 12.3. The van der Waals surface area contributed by atoms with Gasteiger partial charge >= 0.3 is 0 Å². The lowest BCUT2D eigenvalue weighted by Crippen LogP contribution is -2.50. The molecular weight excluding hydrogens is 363 g/mol. The Morgan fingerprint density at radius 2 is 2.22 bits per heavy atom. The maximum absolute atomic E-state index is 12.3. The van der Waals surface area contributed by atoms with Crippen LogP contribution >= 0.6 is 22.6 Å². The van der Waals surface area contributed by atoms with Crippen molar-refractivity contribution in [2.24, 2.45) is 5.92 Å². The van der Waals surface area contributed by atoms with Crippen LogP contribution in [0.2, 0.25) is 0 Å². The third-order valence-electron chi connectivity index (χ3n) is 3.24. The van der Waals surface area contributed by atoms with Gasteiger partial charge in [0.2, 0.25) is 10.0 Å². The van der Waals surface area contributed by atoms with Crippen LogP contribution in [0, 0.1) is 9.49 Å². The smallest absolute Gasteiger partial charge is 0.240 e. The van der Waals surface area contributed by atoms with Gasteiger partial charge in [-0.3, -0.25) is 0 Å². The second kappa shape index (κ2) is 5.85. The minimum absolute atomic E-state index is 0.0263. The fourth-order valence-electron chi connectivity index (χ4n) is 2.05. The summed E-state index contributed by atoms with van der Waals surface area (Å²) in [5, 5.41) is 3.22. The van der Waals surface area contributed by atoms with Gasteiger partial charge in [-0.1, -0.05) is 13.0 Å². The van der Waals surface area contributed by atoms with Gasteiger partial charge in [0.05, 0.1) is 4.90 Å². The first-order valence-electron chi connectivity index (χ1n) is 5.97. The van der Waals surface area contributed by atoms with E-state index in [-0.39, 0.29) is 6.04 Å². The lowest BCUT2D eigenvalue weighted by molar-refractivity contribution is 0.327. The normalized spacial score (nSPS) is 25.0. The molecule has 1 aromatic carbocycles. The van der Waals surface area contributed by atoms with Crippen LogP contribution in [-0.4, -0.2) is 27.5 Å². The Labute approximate surface area is 122 Å². The van der Waals surface area contributed by atoms with Crippen LogP contribution in [0.4, 0.5) is 0 Å². The monoisotopic (exact) mass is 380 g/mol. The molecule has 2 rings (SSSR count). The topological polar surface area (TPSA) is 58.2 Å². The Morgan fingerprint density at radius 1 is 1.44 bits per heavy atom. The molecule has 2 unspecified atom stereocenters. The zero-order chi connectivity index (χ0) is 13.2. The minimum Gasteiger partial charge on any atom is -0.315 e. The summed E-state index contributed by atoms with van der Waals surface area (Å²) < 4.78 is 28.2. The van der Waals surface area contributed by atoms with Gasteiger partial charge in [0.25, 0.3) is 0 Å². The van der Waals surface area contributed by atoms with Crippen molar-refractivity contribution < 1.29 is 8.42 Å². The molecule has 0 bridgehead atoms. The van der Waals surface area contributed by atoms with E-state index in [4.69, 9.17) is 0 Å². The van der Waals surface area contributed by atoms with Gasteiger partial charge in [-0.2, -0.15) is 0 Å². The van der Waals surface area contributed by atoms with Gasteiger partial charge in [0.1, 0.15) is 0 Å². The molecule has 0 aliphatic carbocycles. The number of hydrogen-bond acceptors (Lipinski definition) is 3. The number of piperidine rings is 1. The highest BCUT2D eigenvalue weighted by atomic mass is 127. The Morgan fingerprint density at radius 3 is 2.89 bits per heavy atom. The van der Waals surface area contributed by atoms with Crippen molar-refractivity contribution in [3.63, 3.8) is 0 Å². The van der Waals surface area contributed by atoms with E-state index in [0.717, 1.165) is 16.5 Å². The Hall–Kier alpha value is -0.180. The van der Waals surface area contributed by atoms with Crippen LogP contribution < -0.4 is 10.0 Å². The summed E-state index contributed by atoms with van der Waals surface area (Å²) in [6, 6.07) is 6.93. The molecule has 0 amide bonds. The highest BCUT2D eigenvalue weighted by Gasteiger charge is 2.26. The summed E-state index contributed by atoms with van der Waals surface area (Å²) >= 11 is 2.12. The molecule has 1 aliphatic heterocycles. The molecule has 1 aromatic rings. The van der Waals surface area contributed by atoms with E-state index < -0.39 is 10.0 Å². The summed E-state index contributed by atoms with van der Waals surface area (Å²) in [5.41, 5.74) is 0. The molecule has 0 aromatic heterocycles. The first kappa shape index (κ1) is 14.2. The van der Waals surface area contributed by atoms with Crippen molar-refractivity contribution >= 4 is 32.6 Å². The summed E-state index contributed by atoms with van der Waals surface area (Å²) in [6.07, 6.45) is 1.000. The Balaban J connectivity index is 2.16. The molecule has 6 heteroatoms. The third kappa shape index (κ3) is 3.43. The molecule has 0 radical (unpaired) electrons. The summed E-state index contributed by atoms with van der Waals surface area (Å²) in [7, 11) is -3.41. The van der Waals surface area contributed by atoms with Crippen molar-refractivity contribution in [3.05, 3.63) is 27.8 Å². The summed E-state index contributed by atoms with van der Waals surface area (Å²) in [5.74, 6) is 0.365. The van der Waals surface area contributed by atoms with Crippen molar-refractivity contribution in [3.8, 4) is 0 Å². The molecule has 2 N–H and O–H groups in total. The zero-order valence-electron chi connectivity index (χ0n) is 10.2. The standard InChI is InChI=1S/C12H17IN2O2S/c1-9-5-6-14-8-12(9)15-18(16,17)11-4-2-3-10(13)7-11/h2-4,7,9,12,14-15H,5-6,8H2,1H3. The average molecular weight is 380 g/mol. The second-order valence-corrected chi connectivity index (χ2v) is 7.61. The van der Waals surface area contributed by atoms with E-state index in [9.17, 15) is 8.42 Å². The predicted molar refractivity (Wildman–Crippen MR) is 79.9 cm³/mol. The number of sulfonamides is 1. The van der Waals surface area contributed by atoms with Gasteiger partial charge in [0, 0.05) is 16.2 Å². The molecule has 1 aliphatic rings. The van der Waals surface area contributed by atoms with Gasteiger partial charge < -0.3 is 5.32 Å². The van der Waals surface area contributed by atoms with Crippen LogP contribution in [0.5, 0.6) is 0 Å². The van der Waals surface area contributed by atoms with Gasteiger partial charge in [-0.15, -0.1) is 0 Å². The van der Waals surface area contributed by atoms with Crippen LogP contribution in [0.1, 0.15) is 13.3 Å². The second-order valence-electron chi connectivity index (χ2n) is 4.66. The Kier molecular flexibility index (Phi) is 4.63. The van der Waals surface area contributed by atoms with Crippen LogP contribution in [0.25, 0.3) is 0 Å². The fourth-order valence-corrected chi connectivity index (χ4v) is 4.19. The lowest BCUT2D eigenvalue weighted by Gasteiger charge is -2.29. The number of nitrogens with one attached hydrogen (secondary N) is 2. The van der Waals surface area contributed by atoms with E-state index in [0.29, 0.717) is 17.4 Å². The van der Waals surface area contributed by atoms with Crippen molar-refractivity contribution in [1.29, 1.82) is 0 Å². The SMILES string of the molecule is CC1CCNCC1NS(=O)(=O)c1cccc(I)c1. The molecule has 2 atom stereocenters. The fraction of sp³-hybridized carbons (Fsp3) is 0.500. The summed E-state index contributed by atoms with van der Waals surface area (Å²) in [4.78, 5) is 0.340. The summed E-state index contributed by atoms with van der Waals surface area (Å²) in [6.45, 7) is 3.75. The number of halogens is 1. The van der Waals surface area contributed by atoms with E-state index in [1.54, 1.807) is 18.2 Å². The molecule has 0 saturated carbocycles. The maximum Gasteiger partial charge on any atom is 0.240 e. The van der Waals surface area contributed by atoms with Crippen molar-refractivity contribution in [2.45, 2.75) is 24.3 Å². The highest BCUT2D eigenvalue weighted by molar-refractivity contribution is 14.1. The van der Waals surface area contributed by atoms with Gasteiger partial charge in [0.15, 0.2) is 0 Å². The van der Waals surface area contributed by atoms with Crippen LogP contribution in [0.3, 0.4) is 0 Å². The molecule has 1 fully saturated rings. The predicted octanol–water partition coefficient (Wildman–Crippen LogP) is 1.57. The number of benzene rings is 1. The van der Waals surface area contributed by atoms with E-state index in [1.165, 1.54) is 0 Å². The van der Waals surface area contributed by atoms with E-state index in [1.807, 2.05) is 6.07 Å². The largest absolute Gasteiger partial charge is 0.315 e. The minimum atomic E-state index is -3.41. The highest BCUT2D eigenvalue weighted by Crippen LogP contribution is 2.17. The molecule has 1 saturated heterocycles. The van der Waals surface area contributed by atoms with Crippen LogP contribution in [0.15, 0.2) is 29.2 Å². The number of rotatable bonds is 3. The average Bonchev–Trinajstić information content (AvgIpc) is 2.32. The molecule has 18 heavy (non-hydrogen) atoms. The molecule has 100 valence electrons. The van der Waals surface area contributed by atoms with Crippen LogP contribution in [-0.2, 0) is 10.0 Å². The van der Waals surface area contributed by atoms with E-state index in [2.05, 4.69) is 39.6 Å². The van der Waals surface area contributed by atoms with Crippen molar-refractivity contribution in [2.75, 3.05) is 13.1 Å². The van der Waals surface area contributed by atoms with E-state index >= 15 is 0 Å². The molecular formula is C12H17IN2O2S. The first-order valence-corrected chi connectivity index (χ1v) is 8.54. The molecule has 4 nitrogen and oxygen atoms in total. The quantitative estimate of drug-likeness (QED) is 0.783. The molecule has 0 spiro atoms. The first-order chi connectivity index (χ1) is 8.49. The van der Waals surface area contributed by atoms with Crippen molar-refractivity contribution in [1.82, 2.24) is 10.0 Å². The Bertz CT molecular complexity index is 519. The van der Waals surface area contributed by atoms with Gasteiger partial charge in [-0.25, -0.2) is 13.1 Å². The molecule has 1 heterocycles. The van der Waals surface area contributed by atoms with Gasteiger partial charge in [-0.05, 0) is 59.7 Å². The third-order valence-corrected chi connectivity index (χ3v) is 5.40. The number of hydrogen-bond donors (Lipinski definition) is 2.